The molecule has 0 N–H and O–H groups in total. The molecule has 1 saturated heterocycles. The molecular weight excluding hydrogens is 332 g/mol. The third kappa shape index (κ3) is 3.13. The second-order valence-electron chi connectivity index (χ2n) is 5.95. The van der Waals surface area contributed by atoms with Gasteiger partial charge < -0.3 is 0 Å². The monoisotopic (exact) mass is 350 g/mol. The first-order valence-electron chi connectivity index (χ1n) is 7.60. The van der Waals surface area contributed by atoms with E-state index in [1.165, 1.54) is 0 Å². The van der Waals surface area contributed by atoms with Gasteiger partial charge in [-0.25, -0.2) is 13.4 Å². The lowest BCUT2D eigenvalue weighted by atomic mass is 10.0. The van der Waals surface area contributed by atoms with Crippen LogP contribution in [0.1, 0.15) is 35.6 Å². The zero-order valence-electron chi connectivity index (χ0n) is 13.2. The van der Waals surface area contributed by atoms with E-state index < -0.39 is 10.0 Å². The third-order valence-corrected chi connectivity index (χ3v) is 6.44. The van der Waals surface area contributed by atoms with Gasteiger partial charge in [0.15, 0.2) is 0 Å². The van der Waals surface area contributed by atoms with E-state index in [2.05, 4.69) is 4.98 Å². The lowest BCUT2D eigenvalue weighted by molar-refractivity contribution is 0.395. The quantitative estimate of drug-likeness (QED) is 0.789. The molecule has 0 saturated carbocycles. The van der Waals surface area contributed by atoms with Gasteiger partial charge in [-0.15, -0.1) is 0 Å². The van der Waals surface area contributed by atoms with Crippen LogP contribution in [0.25, 0.3) is 0 Å². The van der Waals surface area contributed by atoms with Crippen LogP contribution in [-0.4, -0.2) is 24.3 Å². The molecule has 1 aromatic carbocycles. The first-order chi connectivity index (χ1) is 10.9. The van der Waals surface area contributed by atoms with Crippen molar-refractivity contribution in [1.82, 2.24) is 9.29 Å². The van der Waals surface area contributed by atoms with Crippen molar-refractivity contribution < 1.29 is 8.42 Å². The van der Waals surface area contributed by atoms with Crippen molar-refractivity contribution in [3.05, 3.63) is 58.4 Å². The summed E-state index contributed by atoms with van der Waals surface area (Å²) >= 11 is 5.92. The van der Waals surface area contributed by atoms with Crippen molar-refractivity contribution in [2.45, 2.75) is 37.6 Å². The molecule has 0 bridgehead atoms. The smallest absolute Gasteiger partial charge is 0.243 e. The van der Waals surface area contributed by atoms with E-state index in [1.54, 1.807) is 28.7 Å². The van der Waals surface area contributed by atoms with Gasteiger partial charge in [0, 0.05) is 12.7 Å². The summed E-state index contributed by atoms with van der Waals surface area (Å²) in [6, 6.07) is 8.61. The molecule has 23 heavy (non-hydrogen) atoms. The molecule has 3 rings (SSSR count). The van der Waals surface area contributed by atoms with Crippen molar-refractivity contribution >= 4 is 21.6 Å². The zero-order chi connectivity index (χ0) is 16.6. The number of hydrogen-bond donors (Lipinski definition) is 0. The van der Waals surface area contributed by atoms with Crippen molar-refractivity contribution in [3.63, 3.8) is 0 Å². The van der Waals surface area contributed by atoms with Crippen LogP contribution in [0.4, 0.5) is 0 Å². The second kappa shape index (κ2) is 6.23. The normalized spacial score (nSPS) is 19.2. The summed E-state index contributed by atoms with van der Waals surface area (Å²) in [6.45, 7) is 4.42. The van der Waals surface area contributed by atoms with Crippen molar-refractivity contribution in [1.29, 1.82) is 0 Å². The van der Waals surface area contributed by atoms with Gasteiger partial charge in [-0.1, -0.05) is 29.3 Å². The molecule has 1 aliphatic heterocycles. The van der Waals surface area contributed by atoms with Crippen LogP contribution in [0.3, 0.4) is 0 Å². The van der Waals surface area contributed by atoms with Crippen LogP contribution in [0.15, 0.2) is 41.4 Å². The molecule has 1 aliphatic rings. The Bertz CT molecular complexity index is 819. The van der Waals surface area contributed by atoms with Crippen LogP contribution in [-0.2, 0) is 10.0 Å². The SMILES string of the molecule is Cc1ccc(S(=O)(=O)N2CCC[C@H]2c2cnc(Cl)cc2C)cc1. The van der Waals surface area contributed by atoms with Crippen molar-refractivity contribution in [3.8, 4) is 0 Å². The average Bonchev–Trinajstić information content (AvgIpc) is 2.97. The summed E-state index contributed by atoms with van der Waals surface area (Å²) in [4.78, 5) is 4.47. The maximum atomic E-state index is 13.0. The highest BCUT2D eigenvalue weighted by atomic mass is 35.5. The highest BCUT2D eigenvalue weighted by Gasteiger charge is 2.36. The van der Waals surface area contributed by atoms with Crippen LogP contribution in [0, 0.1) is 13.8 Å². The molecular formula is C17H19ClN2O2S. The number of nitrogens with zero attached hydrogens (tertiary/aromatic N) is 2. The molecule has 0 radical (unpaired) electrons. The van der Waals surface area contributed by atoms with Crippen molar-refractivity contribution in [2.24, 2.45) is 0 Å². The van der Waals surface area contributed by atoms with Gasteiger partial charge in [0.1, 0.15) is 5.15 Å². The Morgan fingerprint density at radius 2 is 1.91 bits per heavy atom. The number of pyridine rings is 1. The Hall–Kier alpha value is -1.43. The third-order valence-electron chi connectivity index (χ3n) is 4.31. The Morgan fingerprint density at radius 1 is 1.22 bits per heavy atom. The Balaban J connectivity index is 1.99. The molecule has 1 atom stereocenters. The average molecular weight is 351 g/mol. The first-order valence-corrected chi connectivity index (χ1v) is 9.42. The summed E-state index contributed by atoms with van der Waals surface area (Å²) in [7, 11) is -3.51. The van der Waals surface area contributed by atoms with E-state index in [9.17, 15) is 8.42 Å². The topological polar surface area (TPSA) is 50.3 Å². The van der Waals surface area contributed by atoms with E-state index in [0.29, 0.717) is 16.6 Å². The molecule has 0 amide bonds. The van der Waals surface area contributed by atoms with E-state index in [4.69, 9.17) is 11.6 Å². The highest BCUT2D eigenvalue weighted by molar-refractivity contribution is 7.89. The number of halogens is 1. The van der Waals surface area contributed by atoms with Crippen LogP contribution in [0.5, 0.6) is 0 Å². The molecule has 1 aromatic heterocycles. The van der Waals surface area contributed by atoms with Gasteiger partial charge in [-0.3, -0.25) is 0 Å². The number of sulfonamides is 1. The van der Waals surface area contributed by atoms with Crippen LogP contribution < -0.4 is 0 Å². The minimum absolute atomic E-state index is 0.175. The van der Waals surface area contributed by atoms with E-state index in [-0.39, 0.29) is 6.04 Å². The molecule has 122 valence electrons. The van der Waals surface area contributed by atoms with E-state index in [0.717, 1.165) is 29.5 Å². The minimum Gasteiger partial charge on any atom is -0.244 e. The van der Waals surface area contributed by atoms with Gasteiger partial charge in [0.25, 0.3) is 0 Å². The zero-order valence-corrected chi connectivity index (χ0v) is 14.7. The number of rotatable bonds is 3. The van der Waals surface area contributed by atoms with E-state index in [1.807, 2.05) is 26.0 Å². The lowest BCUT2D eigenvalue weighted by Crippen LogP contribution is -2.31. The Labute approximate surface area is 142 Å². The number of benzene rings is 1. The Morgan fingerprint density at radius 3 is 2.57 bits per heavy atom. The first kappa shape index (κ1) is 16.4. The lowest BCUT2D eigenvalue weighted by Gasteiger charge is -2.25. The highest BCUT2D eigenvalue weighted by Crippen LogP contribution is 2.37. The van der Waals surface area contributed by atoms with Crippen LogP contribution in [0.2, 0.25) is 5.15 Å². The summed E-state index contributed by atoms with van der Waals surface area (Å²) in [5.41, 5.74) is 2.95. The molecule has 0 aliphatic carbocycles. The fourth-order valence-corrected chi connectivity index (χ4v) is 4.95. The van der Waals surface area contributed by atoms with Gasteiger partial charge >= 0.3 is 0 Å². The summed E-state index contributed by atoms with van der Waals surface area (Å²) in [5, 5.41) is 0.428. The van der Waals surface area contributed by atoms with Gasteiger partial charge in [0.2, 0.25) is 10.0 Å². The number of hydrogen-bond acceptors (Lipinski definition) is 3. The molecule has 6 heteroatoms. The number of aromatic nitrogens is 1. The molecule has 2 aromatic rings. The molecule has 2 heterocycles. The largest absolute Gasteiger partial charge is 0.244 e. The molecule has 0 unspecified atom stereocenters. The summed E-state index contributed by atoms with van der Waals surface area (Å²) in [5.74, 6) is 0. The van der Waals surface area contributed by atoms with Gasteiger partial charge in [-0.2, -0.15) is 4.31 Å². The summed E-state index contributed by atoms with van der Waals surface area (Å²) < 4.78 is 27.6. The van der Waals surface area contributed by atoms with E-state index >= 15 is 0 Å². The van der Waals surface area contributed by atoms with Crippen LogP contribution >= 0.6 is 11.6 Å². The standard InChI is InChI=1S/C17H19ClN2O2S/c1-12-5-7-14(8-6-12)23(21,22)20-9-3-4-16(20)15-11-19-17(18)10-13(15)2/h5-8,10-11,16H,3-4,9H2,1-2H3/t16-/m0/s1. The predicted molar refractivity (Wildman–Crippen MR) is 91.0 cm³/mol. The maximum Gasteiger partial charge on any atom is 0.243 e. The molecule has 1 fully saturated rings. The minimum atomic E-state index is -3.51. The fourth-order valence-electron chi connectivity index (χ4n) is 3.07. The molecule has 4 nitrogen and oxygen atoms in total. The maximum absolute atomic E-state index is 13.0. The Kier molecular flexibility index (Phi) is 4.45. The van der Waals surface area contributed by atoms with Gasteiger partial charge in [-0.05, 0) is 56.0 Å². The summed E-state index contributed by atoms with van der Waals surface area (Å²) in [6.07, 6.45) is 3.35. The fraction of sp³-hybridized carbons (Fsp3) is 0.353. The van der Waals surface area contributed by atoms with Crippen molar-refractivity contribution in [2.75, 3.05) is 6.54 Å². The second-order valence-corrected chi connectivity index (χ2v) is 8.23. The number of aryl methyl sites for hydroxylation is 2. The predicted octanol–water partition coefficient (Wildman–Crippen LogP) is 3.88. The van der Waals surface area contributed by atoms with Gasteiger partial charge in [0.05, 0.1) is 10.9 Å². The molecule has 0 spiro atoms.